The molecule has 7 nitrogen and oxygen atoms in total. The van der Waals surface area contributed by atoms with E-state index in [0.29, 0.717) is 19.5 Å². The van der Waals surface area contributed by atoms with Crippen molar-refractivity contribution in [1.82, 2.24) is 9.03 Å². The van der Waals surface area contributed by atoms with Crippen LogP contribution < -0.4 is 4.72 Å². The predicted octanol–water partition coefficient (Wildman–Crippen LogP) is -0.673. The minimum absolute atomic E-state index is 0.112. The maximum atomic E-state index is 12.1. The van der Waals surface area contributed by atoms with Crippen molar-refractivity contribution in [3.8, 4) is 0 Å². The third kappa shape index (κ3) is 5.72. The smallest absolute Gasteiger partial charge is 0.279 e. The average molecular weight is 296 g/mol. The summed E-state index contributed by atoms with van der Waals surface area (Å²) in [5.41, 5.74) is 0. The Balaban J connectivity index is 2.42. The molecule has 0 aromatic rings. The minimum atomic E-state index is -3.51. The normalized spacial score (nSPS) is 27.4. The summed E-state index contributed by atoms with van der Waals surface area (Å²) in [4.78, 5) is 0. The second-order valence-corrected chi connectivity index (χ2v) is 6.63. The fourth-order valence-electron chi connectivity index (χ4n) is 2.05. The van der Waals surface area contributed by atoms with E-state index in [-0.39, 0.29) is 25.4 Å². The number of aliphatic hydroxyl groups is 1. The first-order valence-electron chi connectivity index (χ1n) is 6.42. The number of hydrogen-bond donors (Lipinski definition) is 2. The molecule has 1 heterocycles. The van der Waals surface area contributed by atoms with Crippen LogP contribution in [0.1, 0.15) is 20.3 Å². The Kier molecular flexibility index (Phi) is 6.64. The highest BCUT2D eigenvalue weighted by Gasteiger charge is 2.30. The van der Waals surface area contributed by atoms with Gasteiger partial charge >= 0.3 is 0 Å². The predicted molar refractivity (Wildman–Crippen MR) is 71.0 cm³/mol. The molecule has 3 unspecified atom stereocenters. The zero-order chi connectivity index (χ0) is 14.5. The van der Waals surface area contributed by atoms with Crippen LogP contribution in [0.4, 0.5) is 0 Å². The van der Waals surface area contributed by atoms with Crippen LogP contribution in [0.15, 0.2) is 0 Å². The maximum Gasteiger partial charge on any atom is 0.279 e. The number of ether oxygens (including phenoxy) is 2. The molecule has 1 rings (SSSR count). The first-order valence-corrected chi connectivity index (χ1v) is 7.86. The van der Waals surface area contributed by atoms with Crippen LogP contribution in [-0.2, 0) is 19.7 Å². The van der Waals surface area contributed by atoms with Crippen molar-refractivity contribution in [2.75, 3.05) is 33.4 Å². The Bertz CT molecular complexity index is 352. The first-order chi connectivity index (χ1) is 8.85. The van der Waals surface area contributed by atoms with E-state index in [1.807, 2.05) is 13.8 Å². The van der Waals surface area contributed by atoms with Crippen LogP contribution in [0.25, 0.3) is 0 Å². The van der Waals surface area contributed by atoms with Crippen molar-refractivity contribution in [1.29, 1.82) is 0 Å². The topological polar surface area (TPSA) is 88.1 Å². The maximum absolute atomic E-state index is 12.1. The van der Waals surface area contributed by atoms with Crippen LogP contribution >= 0.6 is 0 Å². The van der Waals surface area contributed by atoms with Crippen molar-refractivity contribution < 1.29 is 23.0 Å². The van der Waals surface area contributed by atoms with Crippen LogP contribution in [-0.4, -0.2) is 69.5 Å². The molecule has 3 atom stereocenters. The van der Waals surface area contributed by atoms with Gasteiger partial charge in [-0.05, 0) is 20.3 Å². The van der Waals surface area contributed by atoms with E-state index in [4.69, 9.17) is 9.47 Å². The summed E-state index contributed by atoms with van der Waals surface area (Å²) < 4.78 is 38.3. The monoisotopic (exact) mass is 296 g/mol. The van der Waals surface area contributed by atoms with Gasteiger partial charge in [-0.2, -0.15) is 12.7 Å². The number of rotatable bonds is 7. The Hall–Kier alpha value is -0.250. The van der Waals surface area contributed by atoms with Crippen molar-refractivity contribution in [2.24, 2.45) is 0 Å². The summed E-state index contributed by atoms with van der Waals surface area (Å²) in [6.07, 6.45) is -0.559. The summed E-state index contributed by atoms with van der Waals surface area (Å²) in [6.45, 7) is 4.78. The van der Waals surface area contributed by atoms with Gasteiger partial charge in [-0.25, -0.2) is 4.72 Å². The van der Waals surface area contributed by atoms with Gasteiger partial charge in [-0.15, -0.1) is 0 Å². The summed E-state index contributed by atoms with van der Waals surface area (Å²) in [6, 6.07) is 0. The molecule has 8 heteroatoms. The third-order valence-corrected chi connectivity index (χ3v) is 4.39. The molecule has 0 spiro atoms. The van der Waals surface area contributed by atoms with Crippen molar-refractivity contribution >= 4 is 10.2 Å². The van der Waals surface area contributed by atoms with E-state index in [0.717, 1.165) is 0 Å². The summed E-state index contributed by atoms with van der Waals surface area (Å²) in [5, 5.41) is 9.45. The summed E-state index contributed by atoms with van der Waals surface area (Å²) >= 11 is 0. The number of aliphatic hydroxyl groups excluding tert-OH is 1. The number of nitrogens with one attached hydrogen (secondary N) is 1. The van der Waals surface area contributed by atoms with Gasteiger partial charge in [0.25, 0.3) is 10.2 Å². The van der Waals surface area contributed by atoms with Crippen LogP contribution in [0.5, 0.6) is 0 Å². The molecule has 0 saturated carbocycles. The van der Waals surface area contributed by atoms with E-state index in [1.165, 1.54) is 11.4 Å². The van der Waals surface area contributed by atoms with Crippen molar-refractivity contribution in [3.63, 3.8) is 0 Å². The van der Waals surface area contributed by atoms with Gasteiger partial charge in [0.05, 0.1) is 24.9 Å². The molecule has 0 amide bonds. The zero-order valence-electron chi connectivity index (χ0n) is 11.7. The Morgan fingerprint density at radius 2 is 2.00 bits per heavy atom. The second kappa shape index (κ2) is 7.51. The van der Waals surface area contributed by atoms with E-state index < -0.39 is 16.3 Å². The molecule has 0 radical (unpaired) electrons. The third-order valence-electron chi connectivity index (χ3n) is 2.85. The molecule has 19 heavy (non-hydrogen) atoms. The van der Waals surface area contributed by atoms with Crippen LogP contribution in [0.3, 0.4) is 0 Å². The molecule has 2 N–H and O–H groups in total. The summed E-state index contributed by atoms with van der Waals surface area (Å²) in [7, 11) is -2.02. The second-order valence-electron chi connectivity index (χ2n) is 4.87. The number of hydrogen-bond acceptors (Lipinski definition) is 5. The standard InChI is InChI=1S/C11H24N2O5S/c1-9-6-13(7-10(2)18-9)19(15,16)12-5-4-11(14)8-17-3/h9-12,14H,4-8H2,1-3H3. The van der Waals surface area contributed by atoms with Gasteiger partial charge in [-0.1, -0.05) is 0 Å². The molecule has 114 valence electrons. The highest BCUT2D eigenvalue weighted by Crippen LogP contribution is 2.13. The molecular formula is C11H24N2O5S. The lowest BCUT2D eigenvalue weighted by molar-refractivity contribution is -0.0444. The molecule has 0 bridgehead atoms. The van der Waals surface area contributed by atoms with Crippen molar-refractivity contribution in [2.45, 2.75) is 38.6 Å². The van der Waals surface area contributed by atoms with Gasteiger partial charge in [0, 0.05) is 26.7 Å². The number of methoxy groups -OCH3 is 1. The molecule has 1 fully saturated rings. The molecule has 0 aromatic carbocycles. The molecule has 1 aliphatic heterocycles. The largest absolute Gasteiger partial charge is 0.391 e. The lowest BCUT2D eigenvalue weighted by Crippen LogP contribution is -2.52. The van der Waals surface area contributed by atoms with Crippen LogP contribution in [0, 0.1) is 0 Å². The minimum Gasteiger partial charge on any atom is -0.391 e. The average Bonchev–Trinajstić information content (AvgIpc) is 2.27. The van der Waals surface area contributed by atoms with E-state index in [2.05, 4.69) is 4.72 Å². The van der Waals surface area contributed by atoms with Gasteiger partial charge in [-0.3, -0.25) is 0 Å². The van der Waals surface area contributed by atoms with Gasteiger partial charge in [0.2, 0.25) is 0 Å². The zero-order valence-corrected chi connectivity index (χ0v) is 12.5. The Labute approximate surface area is 115 Å². The fourth-order valence-corrected chi connectivity index (χ4v) is 3.42. The molecule has 1 saturated heterocycles. The Morgan fingerprint density at radius 3 is 2.53 bits per heavy atom. The van der Waals surface area contributed by atoms with Gasteiger partial charge < -0.3 is 14.6 Å². The van der Waals surface area contributed by atoms with Crippen molar-refractivity contribution in [3.05, 3.63) is 0 Å². The molecule has 0 aliphatic carbocycles. The summed E-state index contributed by atoms with van der Waals surface area (Å²) in [5.74, 6) is 0. The Morgan fingerprint density at radius 1 is 1.42 bits per heavy atom. The first kappa shape index (κ1) is 16.8. The SMILES string of the molecule is COCC(O)CCNS(=O)(=O)N1CC(C)OC(C)C1. The van der Waals surface area contributed by atoms with Crippen LogP contribution in [0.2, 0.25) is 0 Å². The molecular weight excluding hydrogens is 272 g/mol. The highest BCUT2D eigenvalue weighted by molar-refractivity contribution is 7.87. The fraction of sp³-hybridized carbons (Fsp3) is 1.00. The molecule has 1 aliphatic rings. The van der Waals surface area contributed by atoms with Gasteiger partial charge in [0.15, 0.2) is 0 Å². The molecule has 0 aromatic heterocycles. The van der Waals surface area contributed by atoms with E-state index in [9.17, 15) is 13.5 Å². The highest BCUT2D eigenvalue weighted by atomic mass is 32.2. The quantitative estimate of drug-likeness (QED) is 0.650. The van der Waals surface area contributed by atoms with E-state index in [1.54, 1.807) is 0 Å². The van der Waals surface area contributed by atoms with Gasteiger partial charge in [0.1, 0.15) is 0 Å². The lowest BCUT2D eigenvalue weighted by atomic mass is 10.3. The number of nitrogens with zero attached hydrogens (tertiary/aromatic N) is 1. The van der Waals surface area contributed by atoms with E-state index >= 15 is 0 Å². The number of morpholine rings is 1. The lowest BCUT2D eigenvalue weighted by Gasteiger charge is -2.34.